The van der Waals surface area contributed by atoms with Crippen LogP contribution in [0.25, 0.3) is 0 Å². The van der Waals surface area contributed by atoms with Gasteiger partial charge in [0.2, 0.25) is 0 Å². The van der Waals surface area contributed by atoms with Crippen LogP contribution in [-0.2, 0) is 10.8 Å². The molecule has 0 spiro atoms. The Kier molecular flexibility index (Phi) is 4.07. The lowest BCUT2D eigenvalue weighted by Crippen LogP contribution is -2.27. The monoisotopic (exact) mass is 392 g/mol. The van der Waals surface area contributed by atoms with E-state index in [0.29, 0.717) is 0 Å². The SMILES string of the molecule is CC1(C)C2=NC(=Nc3cccc(c3)C(C)(C)C3=NC(=Nc4cccc1c4)C=C3)C=C2. The van der Waals surface area contributed by atoms with Gasteiger partial charge >= 0.3 is 0 Å². The molecule has 0 aromatic heterocycles. The highest BCUT2D eigenvalue weighted by molar-refractivity contribution is 6.20. The molecule has 0 N–H and O–H groups in total. The molecule has 3 aliphatic heterocycles. The molecule has 0 saturated heterocycles. The molecule has 0 saturated carbocycles. The third-order valence-electron chi connectivity index (χ3n) is 6.15. The predicted octanol–water partition coefficient (Wildman–Crippen LogP) is 6.04. The minimum absolute atomic E-state index is 0.259. The number of hydrogen-bond acceptors (Lipinski definition) is 4. The van der Waals surface area contributed by atoms with Crippen molar-refractivity contribution in [2.75, 3.05) is 0 Å². The number of aliphatic imine (C=N–C) groups is 4. The van der Waals surface area contributed by atoms with Crippen molar-refractivity contribution in [3.63, 3.8) is 0 Å². The fourth-order valence-electron chi connectivity index (χ4n) is 4.01. The first-order chi connectivity index (χ1) is 14.3. The molecule has 148 valence electrons. The second-order valence-electron chi connectivity index (χ2n) is 8.95. The van der Waals surface area contributed by atoms with Crippen LogP contribution in [0, 0.1) is 0 Å². The minimum Gasteiger partial charge on any atom is -0.233 e. The molecule has 3 aliphatic rings. The lowest BCUT2D eigenvalue weighted by molar-refractivity contribution is 0.722. The van der Waals surface area contributed by atoms with E-state index in [0.717, 1.165) is 45.6 Å². The fourth-order valence-corrected chi connectivity index (χ4v) is 4.01. The summed E-state index contributed by atoms with van der Waals surface area (Å²) in [5.41, 5.74) is 5.59. The summed E-state index contributed by atoms with van der Waals surface area (Å²) in [6, 6.07) is 16.6. The number of hydrogen-bond donors (Lipinski definition) is 0. The lowest BCUT2D eigenvalue weighted by atomic mass is 9.80. The third kappa shape index (κ3) is 3.09. The summed E-state index contributed by atoms with van der Waals surface area (Å²) in [7, 11) is 0. The molecule has 0 atom stereocenters. The summed E-state index contributed by atoms with van der Waals surface area (Å²) >= 11 is 0. The summed E-state index contributed by atoms with van der Waals surface area (Å²) < 4.78 is 0. The van der Waals surface area contributed by atoms with Crippen molar-refractivity contribution >= 4 is 34.5 Å². The summed E-state index contributed by atoms with van der Waals surface area (Å²) in [4.78, 5) is 19.3. The van der Waals surface area contributed by atoms with E-state index in [-0.39, 0.29) is 10.8 Å². The van der Waals surface area contributed by atoms with E-state index in [1.165, 1.54) is 0 Å². The van der Waals surface area contributed by atoms with Crippen molar-refractivity contribution in [1.29, 1.82) is 0 Å². The Morgan fingerprint density at radius 2 is 0.967 bits per heavy atom. The van der Waals surface area contributed by atoms with Gasteiger partial charge in [-0.3, -0.25) is 0 Å². The number of amidine groups is 2. The topological polar surface area (TPSA) is 49.4 Å². The molecule has 4 heteroatoms. The van der Waals surface area contributed by atoms with Crippen LogP contribution in [0.5, 0.6) is 0 Å². The van der Waals surface area contributed by atoms with E-state index in [9.17, 15) is 0 Å². The van der Waals surface area contributed by atoms with Crippen molar-refractivity contribution in [2.24, 2.45) is 20.0 Å². The van der Waals surface area contributed by atoms with Gasteiger partial charge in [0.05, 0.1) is 22.8 Å². The quantitative estimate of drug-likeness (QED) is 0.525. The molecule has 0 unspecified atom stereocenters. The molecule has 5 rings (SSSR count). The van der Waals surface area contributed by atoms with Crippen molar-refractivity contribution in [3.05, 3.63) is 84.0 Å². The Hall–Kier alpha value is -3.40. The average molecular weight is 393 g/mol. The third-order valence-corrected chi connectivity index (χ3v) is 6.15. The maximum absolute atomic E-state index is 4.84. The second kappa shape index (κ2) is 6.56. The zero-order chi connectivity index (χ0) is 20.9. The van der Waals surface area contributed by atoms with Crippen LogP contribution in [0.4, 0.5) is 11.4 Å². The molecule has 4 nitrogen and oxygen atoms in total. The van der Waals surface area contributed by atoms with Crippen molar-refractivity contribution in [1.82, 2.24) is 0 Å². The molecule has 0 radical (unpaired) electrons. The van der Waals surface area contributed by atoms with Crippen LogP contribution in [0.15, 0.2) is 92.8 Å². The second-order valence-corrected chi connectivity index (χ2v) is 8.95. The number of rotatable bonds is 0. The first kappa shape index (κ1) is 18.6. The number of allylic oxidation sites excluding steroid dienone is 2. The van der Waals surface area contributed by atoms with Crippen LogP contribution >= 0.6 is 0 Å². The molecule has 3 heterocycles. The summed E-state index contributed by atoms with van der Waals surface area (Å²) in [6.45, 7) is 8.74. The van der Waals surface area contributed by atoms with Gasteiger partial charge in [-0.25, -0.2) is 20.0 Å². The van der Waals surface area contributed by atoms with Crippen LogP contribution in [0.3, 0.4) is 0 Å². The summed E-state index contributed by atoms with van der Waals surface area (Å²) in [5.74, 6) is 1.46. The Morgan fingerprint density at radius 3 is 1.40 bits per heavy atom. The van der Waals surface area contributed by atoms with E-state index in [1.54, 1.807) is 0 Å². The van der Waals surface area contributed by atoms with E-state index >= 15 is 0 Å². The largest absolute Gasteiger partial charge is 0.233 e. The van der Waals surface area contributed by atoms with Crippen LogP contribution < -0.4 is 0 Å². The van der Waals surface area contributed by atoms with Gasteiger partial charge in [0.15, 0.2) is 11.7 Å². The van der Waals surface area contributed by atoms with Crippen molar-refractivity contribution in [3.8, 4) is 0 Å². The first-order valence-electron chi connectivity index (χ1n) is 10.3. The molecule has 0 fully saturated rings. The molecular weight excluding hydrogens is 368 g/mol. The summed E-state index contributed by atoms with van der Waals surface area (Å²) in [6.07, 6.45) is 8.12. The highest BCUT2D eigenvalue weighted by Gasteiger charge is 2.30. The first-order valence-corrected chi connectivity index (χ1v) is 10.3. The maximum Gasteiger partial charge on any atom is 0.152 e. The lowest BCUT2D eigenvalue weighted by Gasteiger charge is -2.25. The van der Waals surface area contributed by atoms with Crippen molar-refractivity contribution < 1.29 is 0 Å². The van der Waals surface area contributed by atoms with Gasteiger partial charge in [0, 0.05) is 10.8 Å². The van der Waals surface area contributed by atoms with E-state index in [4.69, 9.17) is 20.0 Å². The Bertz CT molecular complexity index is 1140. The standard InChI is InChI=1S/C26H24N4/c1-25(2)17-7-5-9-19(15-17)27-24-14-12-22(30-24)26(3,4)18-8-6-10-20(16-18)28-23-13-11-21(25)29-23/h5-16H,1-4H3. The van der Waals surface area contributed by atoms with Gasteiger partial charge in [0.25, 0.3) is 0 Å². The van der Waals surface area contributed by atoms with E-state index < -0.39 is 0 Å². The molecule has 0 amide bonds. The fraction of sp³-hybridized carbons (Fsp3) is 0.231. The van der Waals surface area contributed by atoms with Gasteiger partial charge < -0.3 is 0 Å². The van der Waals surface area contributed by atoms with Gasteiger partial charge in [-0.1, -0.05) is 52.0 Å². The van der Waals surface area contributed by atoms with Crippen LogP contribution in [0.1, 0.15) is 38.8 Å². The van der Waals surface area contributed by atoms with Crippen LogP contribution in [0.2, 0.25) is 0 Å². The zero-order valence-electron chi connectivity index (χ0n) is 17.7. The van der Waals surface area contributed by atoms with E-state index in [2.05, 4.69) is 64.1 Å². The molecule has 0 aliphatic carbocycles. The maximum atomic E-state index is 4.84. The normalized spacial score (nSPS) is 20.4. The Labute approximate surface area is 177 Å². The zero-order valence-corrected chi connectivity index (χ0v) is 17.7. The Balaban J connectivity index is 1.74. The van der Waals surface area contributed by atoms with Gasteiger partial charge in [-0.2, -0.15) is 0 Å². The number of nitrogens with zero attached hydrogens (tertiary/aromatic N) is 4. The minimum atomic E-state index is -0.259. The molecule has 30 heavy (non-hydrogen) atoms. The van der Waals surface area contributed by atoms with Crippen LogP contribution in [-0.4, -0.2) is 23.1 Å². The Morgan fingerprint density at radius 1 is 0.533 bits per heavy atom. The van der Waals surface area contributed by atoms with Gasteiger partial charge in [0.1, 0.15) is 0 Å². The highest BCUT2D eigenvalue weighted by Crippen LogP contribution is 2.33. The van der Waals surface area contributed by atoms with E-state index in [1.807, 2.05) is 36.4 Å². The predicted molar refractivity (Wildman–Crippen MR) is 126 cm³/mol. The van der Waals surface area contributed by atoms with Gasteiger partial charge in [-0.05, 0) is 59.7 Å². The molecule has 2 aromatic carbocycles. The van der Waals surface area contributed by atoms with Gasteiger partial charge in [-0.15, -0.1) is 0 Å². The molecule has 8 bridgehead atoms. The number of fused-ring (bicyclic) bond motifs is 6. The smallest absolute Gasteiger partial charge is 0.152 e. The summed E-state index contributed by atoms with van der Waals surface area (Å²) in [5, 5.41) is 0. The average Bonchev–Trinajstić information content (AvgIpc) is 3.38. The number of benzene rings is 2. The van der Waals surface area contributed by atoms with Crippen molar-refractivity contribution in [2.45, 2.75) is 38.5 Å². The molecular formula is C26H24N4. The molecule has 2 aromatic rings. The highest BCUT2D eigenvalue weighted by atomic mass is 15.0.